The van der Waals surface area contributed by atoms with Gasteiger partial charge in [0.2, 0.25) is 0 Å². The van der Waals surface area contributed by atoms with Crippen LogP contribution in [-0.2, 0) is 12.7 Å². The number of benzene rings is 1. The lowest BCUT2D eigenvalue weighted by molar-refractivity contribution is -0.137. The van der Waals surface area contributed by atoms with E-state index >= 15 is 0 Å². The first-order valence-electron chi connectivity index (χ1n) is 6.30. The van der Waals surface area contributed by atoms with E-state index in [9.17, 15) is 18.0 Å². The lowest BCUT2D eigenvalue weighted by Crippen LogP contribution is -2.26. The molecule has 0 unspecified atom stereocenters. The van der Waals surface area contributed by atoms with Crippen LogP contribution in [0, 0.1) is 0 Å². The number of rotatable bonds is 3. The van der Waals surface area contributed by atoms with Gasteiger partial charge in [-0.1, -0.05) is 12.1 Å². The molecule has 0 atom stereocenters. The minimum Gasteiger partial charge on any atom is -0.346 e. The monoisotopic (exact) mass is 325 g/mol. The second-order valence-electron chi connectivity index (χ2n) is 4.55. The van der Waals surface area contributed by atoms with Gasteiger partial charge in [0.05, 0.1) is 23.4 Å². The molecule has 8 heteroatoms. The van der Waals surface area contributed by atoms with E-state index in [1.807, 2.05) is 11.6 Å². The normalized spacial score (nSPS) is 11.8. The smallest absolute Gasteiger partial charge is 0.346 e. The number of aromatic nitrogens is 2. The Hall–Kier alpha value is -2.35. The predicted octanol–water partition coefficient (Wildman–Crippen LogP) is 3.34. The minimum absolute atomic E-state index is 0.0689. The molecule has 4 nitrogen and oxygen atoms in total. The molecule has 3 aromatic rings. The van der Waals surface area contributed by atoms with Gasteiger partial charge in [0.25, 0.3) is 5.91 Å². The number of nitrogens with zero attached hydrogens (tertiary/aromatic N) is 2. The van der Waals surface area contributed by atoms with Gasteiger partial charge in [0.15, 0.2) is 4.96 Å². The summed E-state index contributed by atoms with van der Waals surface area (Å²) in [6.45, 7) is 0.0689. The Labute approximate surface area is 127 Å². The zero-order valence-corrected chi connectivity index (χ0v) is 11.9. The largest absolute Gasteiger partial charge is 0.417 e. The number of alkyl halides is 3. The van der Waals surface area contributed by atoms with Gasteiger partial charge in [0.1, 0.15) is 0 Å². The number of amides is 1. The Morgan fingerprint density at radius 3 is 2.82 bits per heavy atom. The van der Waals surface area contributed by atoms with Crippen LogP contribution in [0.15, 0.2) is 42.0 Å². The maximum absolute atomic E-state index is 12.9. The highest BCUT2D eigenvalue weighted by molar-refractivity contribution is 7.15. The quantitative estimate of drug-likeness (QED) is 0.803. The van der Waals surface area contributed by atoms with Crippen LogP contribution in [0.3, 0.4) is 0 Å². The number of halogens is 3. The van der Waals surface area contributed by atoms with E-state index in [0.717, 1.165) is 17.1 Å². The summed E-state index contributed by atoms with van der Waals surface area (Å²) in [7, 11) is 0. The van der Waals surface area contributed by atoms with Crippen molar-refractivity contribution in [2.45, 2.75) is 12.7 Å². The van der Waals surface area contributed by atoms with Crippen LogP contribution in [0.4, 0.5) is 13.2 Å². The zero-order valence-electron chi connectivity index (χ0n) is 11.1. The Balaban J connectivity index is 1.76. The molecule has 1 N–H and O–H groups in total. The molecule has 0 fully saturated rings. The first-order chi connectivity index (χ1) is 10.4. The molecule has 0 saturated heterocycles. The SMILES string of the molecule is O=C(NCc1cn2ccsc2n1)c1ccccc1C(F)(F)F. The third kappa shape index (κ3) is 2.82. The van der Waals surface area contributed by atoms with Crippen molar-refractivity contribution in [2.75, 3.05) is 0 Å². The van der Waals surface area contributed by atoms with Gasteiger partial charge in [-0.2, -0.15) is 13.2 Å². The van der Waals surface area contributed by atoms with Gasteiger partial charge in [-0.15, -0.1) is 11.3 Å². The molecule has 0 saturated carbocycles. The van der Waals surface area contributed by atoms with E-state index in [1.54, 1.807) is 10.6 Å². The lowest BCUT2D eigenvalue weighted by atomic mass is 10.1. The maximum atomic E-state index is 12.9. The fraction of sp³-hybridized carbons (Fsp3) is 0.143. The Bertz CT molecular complexity index is 793. The van der Waals surface area contributed by atoms with Crippen molar-refractivity contribution in [2.24, 2.45) is 0 Å². The third-order valence-corrected chi connectivity index (χ3v) is 3.82. The summed E-state index contributed by atoms with van der Waals surface area (Å²) in [5.74, 6) is -0.774. The van der Waals surface area contributed by atoms with E-state index in [2.05, 4.69) is 10.3 Å². The summed E-state index contributed by atoms with van der Waals surface area (Å²) >= 11 is 1.43. The highest BCUT2D eigenvalue weighted by Gasteiger charge is 2.34. The van der Waals surface area contributed by atoms with Gasteiger partial charge in [-0.25, -0.2) is 4.98 Å². The summed E-state index contributed by atoms with van der Waals surface area (Å²) in [6.07, 6.45) is -1.02. The molecule has 0 aliphatic heterocycles. The molecule has 1 aromatic carbocycles. The van der Waals surface area contributed by atoms with Crippen LogP contribution in [0.25, 0.3) is 4.96 Å². The number of thiazole rings is 1. The van der Waals surface area contributed by atoms with Crippen molar-refractivity contribution in [1.82, 2.24) is 14.7 Å². The summed E-state index contributed by atoms with van der Waals surface area (Å²) in [4.78, 5) is 17.0. The van der Waals surface area contributed by atoms with Crippen molar-refractivity contribution < 1.29 is 18.0 Å². The van der Waals surface area contributed by atoms with Gasteiger partial charge >= 0.3 is 6.18 Å². The molecular formula is C14H10F3N3OS. The van der Waals surface area contributed by atoms with E-state index in [0.29, 0.717) is 5.69 Å². The average Bonchev–Trinajstić information content (AvgIpc) is 3.05. The third-order valence-electron chi connectivity index (χ3n) is 3.05. The molecule has 22 heavy (non-hydrogen) atoms. The van der Waals surface area contributed by atoms with Crippen LogP contribution in [0.2, 0.25) is 0 Å². The minimum atomic E-state index is -4.56. The van der Waals surface area contributed by atoms with Gasteiger partial charge < -0.3 is 5.32 Å². The first kappa shape index (κ1) is 14.6. The fourth-order valence-electron chi connectivity index (χ4n) is 2.06. The second-order valence-corrected chi connectivity index (χ2v) is 5.42. The summed E-state index contributed by atoms with van der Waals surface area (Å²) in [5.41, 5.74) is -0.751. The molecule has 2 aromatic heterocycles. The van der Waals surface area contributed by atoms with Gasteiger partial charge in [-0.3, -0.25) is 9.20 Å². The summed E-state index contributed by atoms with van der Waals surface area (Å²) in [6, 6.07) is 4.70. The van der Waals surface area contributed by atoms with Crippen LogP contribution in [-0.4, -0.2) is 15.3 Å². The molecular weight excluding hydrogens is 315 g/mol. The van der Waals surface area contributed by atoms with Crippen LogP contribution in [0.5, 0.6) is 0 Å². The number of nitrogens with one attached hydrogen (secondary N) is 1. The van der Waals surface area contributed by atoms with Crippen LogP contribution >= 0.6 is 11.3 Å². The average molecular weight is 325 g/mol. The standard InChI is InChI=1S/C14H10F3N3OS/c15-14(16,17)11-4-2-1-3-10(11)12(21)18-7-9-8-20-5-6-22-13(20)19-9/h1-6,8H,7H2,(H,18,21). The lowest BCUT2D eigenvalue weighted by Gasteiger charge is -2.12. The number of carbonyl (C=O) groups is 1. The number of carbonyl (C=O) groups excluding carboxylic acids is 1. The molecule has 0 radical (unpaired) electrons. The zero-order chi connectivity index (χ0) is 15.7. The summed E-state index contributed by atoms with van der Waals surface area (Å²) < 4.78 is 40.4. The first-order valence-corrected chi connectivity index (χ1v) is 7.18. The number of hydrogen-bond donors (Lipinski definition) is 1. The molecule has 1 amide bonds. The van der Waals surface area contributed by atoms with E-state index in [1.165, 1.54) is 23.5 Å². The van der Waals surface area contributed by atoms with Crippen molar-refractivity contribution in [3.05, 3.63) is 58.9 Å². The van der Waals surface area contributed by atoms with Crippen molar-refractivity contribution >= 4 is 22.2 Å². The second kappa shape index (κ2) is 5.45. The molecule has 0 bridgehead atoms. The molecule has 2 heterocycles. The Morgan fingerprint density at radius 2 is 2.09 bits per heavy atom. The highest BCUT2D eigenvalue weighted by atomic mass is 32.1. The van der Waals surface area contributed by atoms with E-state index in [-0.39, 0.29) is 6.54 Å². The fourth-order valence-corrected chi connectivity index (χ4v) is 2.77. The van der Waals surface area contributed by atoms with Gasteiger partial charge in [0, 0.05) is 17.8 Å². The highest BCUT2D eigenvalue weighted by Crippen LogP contribution is 2.31. The number of hydrogen-bond acceptors (Lipinski definition) is 3. The molecule has 0 aliphatic carbocycles. The Morgan fingerprint density at radius 1 is 1.32 bits per heavy atom. The molecule has 3 rings (SSSR count). The van der Waals surface area contributed by atoms with Crippen molar-refractivity contribution in [1.29, 1.82) is 0 Å². The molecule has 0 spiro atoms. The van der Waals surface area contributed by atoms with E-state index < -0.39 is 23.2 Å². The molecule has 114 valence electrons. The van der Waals surface area contributed by atoms with Crippen LogP contribution in [0.1, 0.15) is 21.6 Å². The maximum Gasteiger partial charge on any atom is 0.417 e. The predicted molar refractivity (Wildman–Crippen MR) is 75.7 cm³/mol. The summed E-state index contributed by atoms with van der Waals surface area (Å²) in [5, 5.41) is 4.33. The van der Waals surface area contributed by atoms with E-state index in [4.69, 9.17) is 0 Å². The number of fused-ring (bicyclic) bond motifs is 1. The van der Waals surface area contributed by atoms with Crippen LogP contribution < -0.4 is 5.32 Å². The number of imidazole rings is 1. The Kier molecular flexibility index (Phi) is 3.61. The van der Waals surface area contributed by atoms with Gasteiger partial charge in [-0.05, 0) is 12.1 Å². The van der Waals surface area contributed by atoms with Crippen molar-refractivity contribution in [3.63, 3.8) is 0 Å². The topological polar surface area (TPSA) is 46.4 Å². The van der Waals surface area contributed by atoms with Crippen molar-refractivity contribution in [3.8, 4) is 0 Å². The molecule has 0 aliphatic rings.